The molecule has 1 atom stereocenters. The lowest BCUT2D eigenvalue weighted by atomic mass is 10.0. The highest BCUT2D eigenvalue weighted by Gasteiger charge is 2.21. The molecule has 1 fully saturated rings. The van der Waals surface area contributed by atoms with Crippen LogP contribution < -0.4 is 10.2 Å². The predicted octanol–water partition coefficient (Wildman–Crippen LogP) is 3.06. The first kappa shape index (κ1) is 16.5. The number of rotatable bonds is 5. The second kappa shape index (κ2) is 7.49. The van der Waals surface area contributed by atoms with Crippen molar-refractivity contribution in [1.29, 1.82) is 0 Å². The molecule has 0 bridgehead atoms. The number of aryl methyl sites for hydroxylation is 1. The Bertz CT molecular complexity index is 694. The zero-order chi connectivity index (χ0) is 16.9. The number of anilines is 1. The molecule has 2 N–H and O–H groups in total. The van der Waals surface area contributed by atoms with Crippen LogP contribution in [0.3, 0.4) is 0 Å². The molecule has 2 aromatic rings. The number of hydrogen-bond donors (Lipinski definition) is 2. The van der Waals surface area contributed by atoms with Gasteiger partial charge in [0.05, 0.1) is 18.2 Å². The molecule has 3 rings (SSSR count). The molecule has 0 saturated carbocycles. The third-order valence-corrected chi connectivity index (χ3v) is 4.53. The topological polar surface area (TPSA) is 52.6 Å². The van der Waals surface area contributed by atoms with Crippen molar-refractivity contribution < 1.29 is 9.90 Å². The van der Waals surface area contributed by atoms with Crippen LogP contribution in [0.5, 0.6) is 0 Å². The van der Waals surface area contributed by atoms with Gasteiger partial charge in [-0.15, -0.1) is 0 Å². The molecule has 0 aromatic heterocycles. The first-order valence-corrected chi connectivity index (χ1v) is 8.51. The summed E-state index contributed by atoms with van der Waals surface area (Å²) >= 11 is 0. The normalized spacial score (nSPS) is 15.3. The van der Waals surface area contributed by atoms with E-state index in [0.29, 0.717) is 5.56 Å². The van der Waals surface area contributed by atoms with Gasteiger partial charge in [-0.25, -0.2) is 0 Å². The van der Waals surface area contributed by atoms with E-state index in [2.05, 4.69) is 10.2 Å². The zero-order valence-electron chi connectivity index (χ0n) is 14.0. The Morgan fingerprint density at radius 3 is 2.54 bits per heavy atom. The number of aliphatic hydroxyl groups excluding tert-OH is 1. The lowest BCUT2D eigenvalue weighted by Gasteiger charge is -2.23. The molecule has 0 spiro atoms. The number of carbonyl (C=O) groups excluding carboxylic acids is 1. The van der Waals surface area contributed by atoms with E-state index in [0.717, 1.165) is 42.7 Å². The fourth-order valence-corrected chi connectivity index (χ4v) is 3.22. The number of carbonyl (C=O) groups is 1. The van der Waals surface area contributed by atoms with Crippen LogP contribution in [-0.4, -0.2) is 30.7 Å². The summed E-state index contributed by atoms with van der Waals surface area (Å²) in [6, 6.07) is 15.2. The number of benzene rings is 2. The first-order chi connectivity index (χ1) is 11.7. The fraction of sp³-hybridized carbons (Fsp3) is 0.350. The Morgan fingerprint density at radius 2 is 1.88 bits per heavy atom. The summed E-state index contributed by atoms with van der Waals surface area (Å²) in [6.07, 6.45) is 2.33. The number of amides is 1. The third kappa shape index (κ3) is 3.60. The predicted molar refractivity (Wildman–Crippen MR) is 96.4 cm³/mol. The van der Waals surface area contributed by atoms with E-state index in [-0.39, 0.29) is 12.5 Å². The third-order valence-electron chi connectivity index (χ3n) is 4.53. The van der Waals surface area contributed by atoms with Gasteiger partial charge in [-0.05, 0) is 37.5 Å². The lowest BCUT2D eigenvalue weighted by molar-refractivity contribution is 0.0916. The van der Waals surface area contributed by atoms with Crippen molar-refractivity contribution in [3.63, 3.8) is 0 Å². The maximum Gasteiger partial charge on any atom is 0.253 e. The van der Waals surface area contributed by atoms with E-state index in [1.165, 1.54) is 0 Å². The van der Waals surface area contributed by atoms with E-state index in [4.69, 9.17) is 0 Å². The van der Waals surface area contributed by atoms with Crippen molar-refractivity contribution in [3.8, 4) is 0 Å². The number of hydrogen-bond acceptors (Lipinski definition) is 3. The summed E-state index contributed by atoms with van der Waals surface area (Å²) in [4.78, 5) is 15.1. The highest BCUT2D eigenvalue weighted by atomic mass is 16.3. The van der Waals surface area contributed by atoms with Crippen LogP contribution in [0.2, 0.25) is 0 Å². The van der Waals surface area contributed by atoms with Crippen LogP contribution >= 0.6 is 0 Å². The molecule has 0 radical (unpaired) electrons. The van der Waals surface area contributed by atoms with Crippen molar-refractivity contribution in [1.82, 2.24) is 5.32 Å². The van der Waals surface area contributed by atoms with Gasteiger partial charge >= 0.3 is 0 Å². The van der Waals surface area contributed by atoms with Gasteiger partial charge in [-0.2, -0.15) is 0 Å². The summed E-state index contributed by atoms with van der Waals surface area (Å²) in [6.45, 7) is 3.85. The smallest absolute Gasteiger partial charge is 0.253 e. The second-order valence-corrected chi connectivity index (χ2v) is 6.33. The molecular formula is C20H24N2O2. The van der Waals surface area contributed by atoms with Crippen molar-refractivity contribution >= 4 is 11.6 Å². The standard InChI is InChI=1S/C20H24N2O2/c1-15-9-10-19(22-11-5-6-12-22)17(13-15)20(24)21-18(14-23)16-7-3-2-4-8-16/h2-4,7-10,13,18,23H,5-6,11-12,14H2,1H3,(H,21,24)/t18-/m1/s1. The summed E-state index contributed by atoms with van der Waals surface area (Å²) in [5.74, 6) is -0.136. The summed E-state index contributed by atoms with van der Waals surface area (Å²) in [5, 5.41) is 12.7. The molecule has 2 aromatic carbocycles. The van der Waals surface area contributed by atoms with Gasteiger partial charge in [0.1, 0.15) is 0 Å². The molecule has 1 aliphatic rings. The Labute approximate surface area is 143 Å². The van der Waals surface area contributed by atoms with Gasteiger partial charge in [0.25, 0.3) is 5.91 Å². The molecule has 4 nitrogen and oxygen atoms in total. The van der Waals surface area contributed by atoms with E-state index >= 15 is 0 Å². The largest absolute Gasteiger partial charge is 0.394 e. The highest BCUT2D eigenvalue weighted by molar-refractivity contribution is 6.00. The maximum atomic E-state index is 12.9. The molecule has 1 saturated heterocycles. The van der Waals surface area contributed by atoms with Crippen molar-refractivity contribution in [3.05, 3.63) is 65.2 Å². The van der Waals surface area contributed by atoms with Crippen molar-refractivity contribution in [2.45, 2.75) is 25.8 Å². The van der Waals surface area contributed by atoms with Crippen molar-refractivity contribution in [2.24, 2.45) is 0 Å². The molecule has 4 heteroatoms. The molecular weight excluding hydrogens is 300 g/mol. The molecule has 1 heterocycles. The average molecular weight is 324 g/mol. The lowest BCUT2D eigenvalue weighted by Crippen LogP contribution is -2.32. The van der Waals surface area contributed by atoms with Crippen molar-refractivity contribution in [2.75, 3.05) is 24.6 Å². The van der Waals surface area contributed by atoms with Gasteiger partial charge in [0.2, 0.25) is 0 Å². The molecule has 1 aliphatic heterocycles. The minimum Gasteiger partial charge on any atom is -0.394 e. The van der Waals surface area contributed by atoms with E-state index in [1.54, 1.807) is 0 Å². The SMILES string of the molecule is Cc1ccc(N2CCCC2)c(C(=O)N[C@H](CO)c2ccccc2)c1. The van der Waals surface area contributed by atoms with Gasteiger partial charge in [-0.1, -0.05) is 42.0 Å². The Kier molecular flexibility index (Phi) is 5.16. The Hall–Kier alpha value is -2.33. The van der Waals surface area contributed by atoms with Crippen LogP contribution in [0.15, 0.2) is 48.5 Å². The van der Waals surface area contributed by atoms with E-state index in [9.17, 15) is 9.90 Å². The molecule has 1 amide bonds. The maximum absolute atomic E-state index is 12.9. The van der Waals surface area contributed by atoms with Crippen LogP contribution in [0.4, 0.5) is 5.69 Å². The molecule has 126 valence electrons. The summed E-state index contributed by atoms with van der Waals surface area (Å²) < 4.78 is 0. The molecule has 0 aliphatic carbocycles. The molecule has 0 unspecified atom stereocenters. The van der Waals surface area contributed by atoms with Gasteiger partial charge in [0, 0.05) is 18.8 Å². The van der Waals surface area contributed by atoms with Gasteiger partial charge < -0.3 is 15.3 Å². The molecule has 24 heavy (non-hydrogen) atoms. The van der Waals surface area contributed by atoms with E-state index < -0.39 is 6.04 Å². The highest BCUT2D eigenvalue weighted by Crippen LogP contribution is 2.26. The van der Waals surface area contributed by atoms with E-state index in [1.807, 2.05) is 55.5 Å². The summed E-state index contributed by atoms with van der Waals surface area (Å²) in [7, 11) is 0. The summed E-state index contributed by atoms with van der Waals surface area (Å²) in [5.41, 5.74) is 3.64. The number of nitrogens with zero attached hydrogens (tertiary/aromatic N) is 1. The Balaban J connectivity index is 1.85. The fourth-order valence-electron chi connectivity index (χ4n) is 3.22. The average Bonchev–Trinajstić information content (AvgIpc) is 3.14. The minimum atomic E-state index is -0.398. The number of aliphatic hydroxyl groups is 1. The van der Waals surface area contributed by atoms with Gasteiger partial charge in [0.15, 0.2) is 0 Å². The van der Waals surface area contributed by atoms with Gasteiger partial charge in [-0.3, -0.25) is 4.79 Å². The Morgan fingerprint density at radius 1 is 1.17 bits per heavy atom. The van der Waals surface area contributed by atoms with Crippen LogP contribution in [0.1, 0.15) is 40.4 Å². The second-order valence-electron chi connectivity index (χ2n) is 6.33. The monoisotopic (exact) mass is 324 g/mol. The van der Waals surface area contributed by atoms with Crippen LogP contribution in [0, 0.1) is 6.92 Å². The number of nitrogens with one attached hydrogen (secondary N) is 1. The zero-order valence-corrected chi connectivity index (χ0v) is 14.0. The quantitative estimate of drug-likeness (QED) is 0.889. The first-order valence-electron chi connectivity index (χ1n) is 8.51. The van der Waals surface area contributed by atoms with Crippen LogP contribution in [0.25, 0.3) is 0 Å². The van der Waals surface area contributed by atoms with Crippen LogP contribution in [-0.2, 0) is 0 Å². The minimum absolute atomic E-state index is 0.124.